The molecular weight excluding hydrogens is 200 g/mol. The third-order valence-corrected chi connectivity index (χ3v) is 3.08. The standard InChI is InChI=1S/C12H24N4/c1-3-4-6-10(13)7-5-8-11-9(2)12(14)16-15-11/h10H,3-8,13H2,1-2H3,(H3,14,15,16). The molecular formula is C12H24N4. The number of aryl methyl sites for hydroxylation is 1. The van der Waals surface area contributed by atoms with Gasteiger partial charge in [0, 0.05) is 17.3 Å². The van der Waals surface area contributed by atoms with Gasteiger partial charge in [0.2, 0.25) is 0 Å². The molecule has 5 N–H and O–H groups in total. The van der Waals surface area contributed by atoms with Gasteiger partial charge in [-0.25, -0.2) is 0 Å². The second kappa shape index (κ2) is 6.53. The molecule has 4 nitrogen and oxygen atoms in total. The predicted octanol–water partition coefficient (Wildman–Crippen LogP) is 2.14. The van der Waals surface area contributed by atoms with E-state index in [9.17, 15) is 0 Å². The fraction of sp³-hybridized carbons (Fsp3) is 0.750. The lowest BCUT2D eigenvalue weighted by Crippen LogP contribution is -2.19. The van der Waals surface area contributed by atoms with Crippen LogP contribution in [0.25, 0.3) is 0 Å². The summed E-state index contributed by atoms with van der Waals surface area (Å²) in [6.07, 6.45) is 6.78. The van der Waals surface area contributed by atoms with Crippen molar-refractivity contribution in [3.8, 4) is 0 Å². The van der Waals surface area contributed by atoms with Crippen molar-refractivity contribution in [2.24, 2.45) is 5.73 Å². The van der Waals surface area contributed by atoms with E-state index in [2.05, 4.69) is 17.1 Å². The van der Waals surface area contributed by atoms with Gasteiger partial charge in [0.25, 0.3) is 0 Å². The number of nitrogen functional groups attached to an aromatic ring is 1. The molecule has 1 heterocycles. The smallest absolute Gasteiger partial charge is 0.148 e. The number of H-pyrrole nitrogens is 1. The van der Waals surface area contributed by atoms with E-state index >= 15 is 0 Å². The van der Waals surface area contributed by atoms with Gasteiger partial charge in [0.15, 0.2) is 0 Å². The highest BCUT2D eigenvalue weighted by Gasteiger charge is 2.07. The molecule has 1 rings (SSSR count). The van der Waals surface area contributed by atoms with Crippen molar-refractivity contribution in [2.75, 3.05) is 5.73 Å². The molecule has 4 heteroatoms. The summed E-state index contributed by atoms with van der Waals surface area (Å²) in [6.45, 7) is 4.20. The SMILES string of the molecule is CCCCC(N)CCCc1[nH]nc(N)c1C. The fourth-order valence-corrected chi connectivity index (χ4v) is 1.85. The lowest BCUT2D eigenvalue weighted by atomic mass is 10.0. The number of nitrogens with one attached hydrogen (secondary N) is 1. The summed E-state index contributed by atoms with van der Waals surface area (Å²) in [5.74, 6) is 0.616. The molecule has 0 amide bonds. The maximum absolute atomic E-state index is 6.02. The van der Waals surface area contributed by atoms with Gasteiger partial charge in [-0.3, -0.25) is 5.10 Å². The molecule has 0 fully saturated rings. The Morgan fingerprint density at radius 1 is 1.31 bits per heavy atom. The Morgan fingerprint density at radius 3 is 2.56 bits per heavy atom. The van der Waals surface area contributed by atoms with Gasteiger partial charge < -0.3 is 11.5 Å². The first-order chi connectivity index (χ1) is 7.65. The molecule has 1 aromatic rings. The number of hydrogen-bond acceptors (Lipinski definition) is 3. The number of nitrogens with zero attached hydrogens (tertiary/aromatic N) is 1. The molecule has 0 radical (unpaired) electrons. The van der Waals surface area contributed by atoms with Crippen molar-refractivity contribution in [2.45, 2.75) is 58.4 Å². The van der Waals surface area contributed by atoms with Crippen LogP contribution in [0.15, 0.2) is 0 Å². The molecule has 1 aromatic heterocycles. The van der Waals surface area contributed by atoms with Crippen LogP contribution in [-0.2, 0) is 6.42 Å². The highest BCUT2D eigenvalue weighted by molar-refractivity contribution is 5.40. The van der Waals surface area contributed by atoms with Crippen LogP contribution in [0.1, 0.15) is 50.3 Å². The third-order valence-electron chi connectivity index (χ3n) is 3.08. The summed E-state index contributed by atoms with van der Waals surface area (Å²) in [5, 5.41) is 6.96. The van der Waals surface area contributed by atoms with Gasteiger partial charge >= 0.3 is 0 Å². The topological polar surface area (TPSA) is 80.7 Å². The molecule has 0 saturated heterocycles. The molecule has 0 aliphatic heterocycles. The van der Waals surface area contributed by atoms with E-state index in [0.717, 1.165) is 36.9 Å². The van der Waals surface area contributed by atoms with Crippen LogP contribution >= 0.6 is 0 Å². The van der Waals surface area contributed by atoms with Crippen LogP contribution in [0, 0.1) is 6.92 Å². The summed E-state index contributed by atoms with van der Waals surface area (Å²) in [6, 6.07) is 0.348. The molecule has 0 aliphatic rings. The largest absolute Gasteiger partial charge is 0.382 e. The number of rotatable bonds is 7. The number of aromatic nitrogens is 2. The molecule has 0 aromatic carbocycles. The van der Waals surface area contributed by atoms with Crippen LogP contribution in [-0.4, -0.2) is 16.2 Å². The van der Waals surface area contributed by atoms with Crippen LogP contribution in [0.5, 0.6) is 0 Å². The number of anilines is 1. The monoisotopic (exact) mass is 224 g/mol. The van der Waals surface area contributed by atoms with Gasteiger partial charge in [0.1, 0.15) is 5.82 Å². The van der Waals surface area contributed by atoms with Crippen molar-refractivity contribution >= 4 is 5.82 Å². The minimum Gasteiger partial charge on any atom is -0.382 e. The molecule has 16 heavy (non-hydrogen) atoms. The molecule has 0 spiro atoms. The number of aromatic amines is 1. The zero-order chi connectivity index (χ0) is 12.0. The Bertz CT molecular complexity index is 306. The van der Waals surface area contributed by atoms with Crippen molar-refractivity contribution in [3.05, 3.63) is 11.3 Å². The maximum atomic E-state index is 6.02. The van der Waals surface area contributed by atoms with Crippen LogP contribution in [0.2, 0.25) is 0 Å². The highest BCUT2D eigenvalue weighted by atomic mass is 15.2. The Morgan fingerprint density at radius 2 is 2.00 bits per heavy atom. The predicted molar refractivity (Wildman–Crippen MR) is 68.2 cm³/mol. The molecule has 0 saturated carbocycles. The van der Waals surface area contributed by atoms with Gasteiger partial charge in [-0.2, -0.15) is 5.10 Å². The fourth-order valence-electron chi connectivity index (χ4n) is 1.85. The second-order valence-electron chi connectivity index (χ2n) is 4.51. The molecule has 0 aliphatic carbocycles. The van der Waals surface area contributed by atoms with Gasteiger partial charge in [0.05, 0.1) is 0 Å². The van der Waals surface area contributed by atoms with Gasteiger partial charge in [-0.1, -0.05) is 19.8 Å². The van der Waals surface area contributed by atoms with E-state index in [1.807, 2.05) is 6.92 Å². The van der Waals surface area contributed by atoms with Crippen molar-refractivity contribution in [1.29, 1.82) is 0 Å². The van der Waals surface area contributed by atoms with Crippen molar-refractivity contribution < 1.29 is 0 Å². The third kappa shape index (κ3) is 3.85. The highest BCUT2D eigenvalue weighted by Crippen LogP contribution is 2.14. The zero-order valence-electron chi connectivity index (χ0n) is 10.4. The van der Waals surface area contributed by atoms with E-state index in [0.29, 0.717) is 11.9 Å². The Labute approximate surface area is 97.8 Å². The van der Waals surface area contributed by atoms with Crippen LogP contribution < -0.4 is 11.5 Å². The number of unbranched alkanes of at least 4 members (excludes halogenated alkanes) is 1. The van der Waals surface area contributed by atoms with Crippen LogP contribution in [0.3, 0.4) is 0 Å². The summed E-state index contributed by atoms with van der Waals surface area (Å²) in [5.41, 5.74) is 13.9. The van der Waals surface area contributed by atoms with E-state index in [1.165, 1.54) is 12.8 Å². The minimum absolute atomic E-state index is 0.348. The van der Waals surface area contributed by atoms with Crippen molar-refractivity contribution in [3.63, 3.8) is 0 Å². The molecule has 0 bridgehead atoms. The van der Waals surface area contributed by atoms with E-state index in [4.69, 9.17) is 11.5 Å². The maximum Gasteiger partial charge on any atom is 0.148 e. The van der Waals surface area contributed by atoms with Crippen LogP contribution in [0.4, 0.5) is 5.82 Å². The first-order valence-corrected chi connectivity index (χ1v) is 6.20. The van der Waals surface area contributed by atoms with E-state index in [-0.39, 0.29) is 0 Å². The molecule has 1 unspecified atom stereocenters. The summed E-state index contributed by atoms with van der Waals surface area (Å²) < 4.78 is 0. The van der Waals surface area contributed by atoms with Crippen molar-refractivity contribution in [1.82, 2.24) is 10.2 Å². The average molecular weight is 224 g/mol. The Kier molecular flexibility index (Phi) is 5.32. The number of hydrogen-bond donors (Lipinski definition) is 3. The first-order valence-electron chi connectivity index (χ1n) is 6.20. The molecule has 92 valence electrons. The normalized spacial score (nSPS) is 12.9. The van der Waals surface area contributed by atoms with E-state index < -0.39 is 0 Å². The summed E-state index contributed by atoms with van der Waals surface area (Å²) in [7, 11) is 0. The van der Waals surface area contributed by atoms with Gasteiger partial charge in [-0.15, -0.1) is 0 Å². The Hall–Kier alpha value is -1.03. The zero-order valence-corrected chi connectivity index (χ0v) is 10.4. The quantitative estimate of drug-likeness (QED) is 0.663. The van der Waals surface area contributed by atoms with Gasteiger partial charge in [-0.05, 0) is 32.6 Å². The lowest BCUT2D eigenvalue weighted by Gasteiger charge is -2.10. The summed E-state index contributed by atoms with van der Waals surface area (Å²) in [4.78, 5) is 0. The van der Waals surface area contributed by atoms with E-state index in [1.54, 1.807) is 0 Å². The first kappa shape index (κ1) is 13.0. The molecule has 1 atom stereocenters. The lowest BCUT2D eigenvalue weighted by molar-refractivity contribution is 0.521. The minimum atomic E-state index is 0.348. The summed E-state index contributed by atoms with van der Waals surface area (Å²) >= 11 is 0. The number of nitrogens with two attached hydrogens (primary N) is 2. The average Bonchev–Trinajstić information content (AvgIpc) is 2.58. The second-order valence-corrected chi connectivity index (χ2v) is 4.51. The Balaban J connectivity index is 2.22.